The SMILES string of the molecule is CC.Cc1cc(CCN)ccc1Oc1ccc(OCCCNC(=O)COc2ccc(CN3CCN(C)CC3)cc2)cc1.FC(F)(F)c1cncc(NC2CCCOC2)n1. The molecular formula is C44H60F3N7O5. The fraction of sp³-hybridized carbons (Fsp3) is 0.477. The van der Waals surface area contributed by atoms with Crippen LogP contribution in [0.1, 0.15) is 55.5 Å². The number of anilines is 1. The van der Waals surface area contributed by atoms with Crippen molar-refractivity contribution in [2.45, 2.75) is 65.2 Å². The van der Waals surface area contributed by atoms with Gasteiger partial charge in [0.1, 0.15) is 28.8 Å². The molecule has 3 aromatic carbocycles. The summed E-state index contributed by atoms with van der Waals surface area (Å²) in [6.07, 6.45) is 0.832. The molecule has 1 aromatic heterocycles. The van der Waals surface area contributed by atoms with Gasteiger partial charge in [-0.3, -0.25) is 14.7 Å². The summed E-state index contributed by atoms with van der Waals surface area (Å²) >= 11 is 0. The molecule has 2 aliphatic heterocycles. The molecule has 4 aromatic rings. The Morgan fingerprint density at radius 1 is 0.932 bits per heavy atom. The second-order valence-electron chi connectivity index (χ2n) is 14.1. The van der Waals surface area contributed by atoms with Crippen molar-refractivity contribution in [3.8, 4) is 23.0 Å². The second kappa shape index (κ2) is 24.8. The van der Waals surface area contributed by atoms with Crippen LogP contribution in [0.15, 0.2) is 79.1 Å². The maximum Gasteiger partial charge on any atom is 0.434 e. The number of alkyl halides is 3. The zero-order valence-electron chi connectivity index (χ0n) is 34.7. The fourth-order valence-electron chi connectivity index (χ4n) is 6.16. The van der Waals surface area contributed by atoms with Gasteiger partial charge < -0.3 is 40.2 Å². The lowest BCUT2D eigenvalue weighted by Crippen LogP contribution is -2.43. The Morgan fingerprint density at radius 3 is 2.27 bits per heavy atom. The maximum absolute atomic E-state index is 12.4. The van der Waals surface area contributed by atoms with Crippen LogP contribution in [0.25, 0.3) is 0 Å². The minimum absolute atomic E-state index is 0.00142. The van der Waals surface area contributed by atoms with Crippen molar-refractivity contribution in [1.29, 1.82) is 0 Å². The molecule has 2 saturated heterocycles. The number of hydrogen-bond donors (Lipinski definition) is 3. The van der Waals surface area contributed by atoms with Gasteiger partial charge in [-0.15, -0.1) is 0 Å². The highest BCUT2D eigenvalue weighted by atomic mass is 19.4. The number of amides is 1. The van der Waals surface area contributed by atoms with Crippen molar-refractivity contribution in [3.63, 3.8) is 0 Å². The van der Waals surface area contributed by atoms with Gasteiger partial charge in [0.25, 0.3) is 5.91 Å². The Bertz CT molecular complexity index is 1800. The van der Waals surface area contributed by atoms with Gasteiger partial charge in [-0.2, -0.15) is 13.2 Å². The van der Waals surface area contributed by atoms with Gasteiger partial charge in [-0.1, -0.05) is 38.1 Å². The van der Waals surface area contributed by atoms with Gasteiger partial charge in [0.2, 0.25) is 0 Å². The Kier molecular flexibility index (Phi) is 19.7. The van der Waals surface area contributed by atoms with E-state index in [1.54, 1.807) is 0 Å². The lowest BCUT2D eigenvalue weighted by atomic mass is 10.1. The quantitative estimate of drug-likeness (QED) is 0.0998. The summed E-state index contributed by atoms with van der Waals surface area (Å²) < 4.78 is 59.9. The standard InChI is InChI=1S/C32H42N4O4.C10H12F3N3O.C2H6/c1-25-22-26(14-15-33)6-13-31(25)40-30-11-9-28(10-12-30)38-21-3-16-34-32(37)24-39-29-7-4-27(5-8-29)23-36-19-17-35(2)18-20-36;11-10(12,13)8-4-14-5-9(16-8)15-7-2-1-3-17-6-7;1-2/h4-13,22H,3,14-21,23-24,33H2,1-2H3,(H,34,37);4-5,7H,1-3,6H2,(H,15,16);1-2H3. The fourth-order valence-corrected chi connectivity index (χ4v) is 6.16. The highest BCUT2D eigenvalue weighted by Crippen LogP contribution is 2.29. The Labute approximate surface area is 346 Å². The molecule has 1 amide bonds. The molecule has 12 nitrogen and oxygen atoms in total. The van der Waals surface area contributed by atoms with Crippen molar-refractivity contribution < 1.29 is 36.9 Å². The smallest absolute Gasteiger partial charge is 0.434 e. The summed E-state index contributed by atoms with van der Waals surface area (Å²) in [7, 11) is 2.16. The number of aromatic nitrogens is 2. The molecule has 59 heavy (non-hydrogen) atoms. The molecule has 0 aliphatic carbocycles. The molecular weight excluding hydrogens is 764 g/mol. The average Bonchev–Trinajstić information content (AvgIpc) is 3.24. The monoisotopic (exact) mass is 823 g/mol. The molecule has 3 heterocycles. The summed E-state index contributed by atoms with van der Waals surface area (Å²) in [5, 5.41) is 5.77. The second-order valence-corrected chi connectivity index (χ2v) is 14.1. The summed E-state index contributed by atoms with van der Waals surface area (Å²) in [5.74, 6) is 3.02. The van der Waals surface area contributed by atoms with E-state index in [-0.39, 0.29) is 24.4 Å². The van der Waals surface area contributed by atoms with Crippen LogP contribution in [0.5, 0.6) is 23.0 Å². The third-order valence-corrected chi connectivity index (χ3v) is 9.37. The van der Waals surface area contributed by atoms with Crippen LogP contribution in [0.3, 0.4) is 0 Å². The number of nitrogens with two attached hydrogens (primary N) is 1. The van der Waals surface area contributed by atoms with E-state index in [1.165, 1.54) is 17.3 Å². The van der Waals surface area contributed by atoms with E-state index in [0.29, 0.717) is 51.3 Å². The number of aryl methyl sites for hydroxylation is 1. The summed E-state index contributed by atoms with van der Waals surface area (Å²) in [4.78, 5) is 24.0. The number of carbonyl (C=O) groups excluding carboxylic acids is 1. The maximum atomic E-state index is 12.4. The number of piperazine rings is 1. The number of ether oxygens (including phenoxy) is 4. The van der Waals surface area contributed by atoms with E-state index in [1.807, 2.05) is 69.3 Å². The first-order valence-electron chi connectivity index (χ1n) is 20.4. The summed E-state index contributed by atoms with van der Waals surface area (Å²) in [6.45, 7) is 14.2. The molecule has 1 atom stereocenters. The third-order valence-electron chi connectivity index (χ3n) is 9.37. The number of nitrogens with one attached hydrogen (secondary N) is 2. The molecule has 2 fully saturated rings. The molecule has 6 rings (SSSR count). The third kappa shape index (κ3) is 17.0. The largest absolute Gasteiger partial charge is 0.494 e. The van der Waals surface area contributed by atoms with E-state index in [9.17, 15) is 18.0 Å². The Hall–Kier alpha value is -4.96. The van der Waals surface area contributed by atoms with E-state index in [4.69, 9.17) is 24.7 Å². The van der Waals surface area contributed by atoms with Crippen LogP contribution in [-0.4, -0.2) is 104 Å². The van der Waals surface area contributed by atoms with Crippen molar-refractivity contribution >= 4 is 11.7 Å². The summed E-state index contributed by atoms with van der Waals surface area (Å²) in [5.41, 5.74) is 8.20. The van der Waals surface area contributed by atoms with Crippen LogP contribution in [0.4, 0.5) is 19.0 Å². The normalized spacial score (nSPS) is 15.8. The molecule has 322 valence electrons. The van der Waals surface area contributed by atoms with Crippen molar-refractivity contribution in [3.05, 3.63) is 102 Å². The van der Waals surface area contributed by atoms with E-state index in [2.05, 4.69) is 55.6 Å². The van der Waals surface area contributed by atoms with Crippen molar-refractivity contribution in [2.75, 3.05) is 78.1 Å². The van der Waals surface area contributed by atoms with Crippen LogP contribution in [0, 0.1) is 6.92 Å². The lowest BCUT2D eigenvalue weighted by Gasteiger charge is -2.32. The van der Waals surface area contributed by atoms with E-state index in [0.717, 1.165) is 74.8 Å². The van der Waals surface area contributed by atoms with E-state index < -0.39 is 11.9 Å². The first kappa shape index (κ1) is 46.7. The molecule has 4 N–H and O–H groups in total. The molecule has 15 heteroatoms. The predicted octanol–water partition coefficient (Wildman–Crippen LogP) is 7.11. The highest BCUT2D eigenvalue weighted by Gasteiger charge is 2.33. The van der Waals surface area contributed by atoms with Crippen LogP contribution >= 0.6 is 0 Å². The summed E-state index contributed by atoms with van der Waals surface area (Å²) in [6, 6.07) is 21.7. The topological polar surface area (TPSA) is 136 Å². The van der Waals surface area contributed by atoms with Crippen LogP contribution < -0.4 is 30.6 Å². The number of nitrogens with zero attached hydrogens (tertiary/aromatic N) is 4. The first-order valence-corrected chi connectivity index (χ1v) is 20.4. The highest BCUT2D eigenvalue weighted by molar-refractivity contribution is 5.77. The van der Waals surface area contributed by atoms with Crippen LogP contribution in [-0.2, 0) is 28.7 Å². The number of carbonyl (C=O) groups is 1. The minimum Gasteiger partial charge on any atom is -0.494 e. The van der Waals surface area contributed by atoms with Crippen molar-refractivity contribution in [2.24, 2.45) is 5.73 Å². The van der Waals surface area contributed by atoms with Gasteiger partial charge in [-0.25, -0.2) is 4.98 Å². The molecule has 1 unspecified atom stereocenters. The van der Waals surface area contributed by atoms with Crippen LogP contribution in [0.2, 0.25) is 0 Å². The first-order chi connectivity index (χ1) is 28.5. The zero-order valence-corrected chi connectivity index (χ0v) is 34.7. The molecule has 2 aliphatic rings. The molecule has 0 bridgehead atoms. The Morgan fingerprint density at radius 2 is 1.61 bits per heavy atom. The molecule has 0 spiro atoms. The number of halogens is 3. The lowest BCUT2D eigenvalue weighted by molar-refractivity contribution is -0.141. The van der Waals surface area contributed by atoms with E-state index >= 15 is 0 Å². The number of likely N-dealkylation sites (N-methyl/N-ethyl adjacent to an activating group) is 1. The van der Waals surface area contributed by atoms with Gasteiger partial charge in [-0.05, 0) is 105 Å². The Balaban J connectivity index is 0.000000336. The average molecular weight is 824 g/mol. The minimum atomic E-state index is -4.46. The number of hydrogen-bond acceptors (Lipinski definition) is 11. The predicted molar refractivity (Wildman–Crippen MR) is 224 cm³/mol. The number of rotatable bonds is 16. The zero-order chi connectivity index (χ0) is 42.5. The number of benzene rings is 3. The van der Waals surface area contributed by atoms with Gasteiger partial charge in [0.15, 0.2) is 12.3 Å². The van der Waals surface area contributed by atoms with Gasteiger partial charge in [0.05, 0.1) is 31.6 Å². The van der Waals surface area contributed by atoms with Gasteiger partial charge in [0, 0.05) is 45.9 Å². The molecule has 0 saturated carbocycles. The van der Waals surface area contributed by atoms with Crippen molar-refractivity contribution in [1.82, 2.24) is 25.1 Å². The molecule has 0 radical (unpaired) electrons. The van der Waals surface area contributed by atoms with Gasteiger partial charge >= 0.3 is 6.18 Å².